The van der Waals surface area contributed by atoms with E-state index in [9.17, 15) is 13.2 Å². The summed E-state index contributed by atoms with van der Waals surface area (Å²) in [6.07, 6.45) is 2.04. The number of nitrogens with one attached hydrogen (secondary N) is 1. The van der Waals surface area contributed by atoms with E-state index in [0.29, 0.717) is 0 Å². The van der Waals surface area contributed by atoms with Gasteiger partial charge in [0.15, 0.2) is 5.01 Å². The summed E-state index contributed by atoms with van der Waals surface area (Å²) in [6.45, 7) is 2.89. The maximum Gasteiger partial charge on any atom is 0.443 e. The van der Waals surface area contributed by atoms with E-state index in [0.717, 1.165) is 54.9 Å². The van der Waals surface area contributed by atoms with Crippen LogP contribution in [0.25, 0.3) is 0 Å². The second-order valence-corrected chi connectivity index (χ2v) is 5.73. The summed E-state index contributed by atoms with van der Waals surface area (Å²) >= 11 is 0.780. The fourth-order valence-electron chi connectivity index (χ4n) is 2.46. The molecule has 6 heteroatoms. The lowest BCUT2D eigenvalue weighted by atomic mass is 9.89. The van der Waals surface area contributed by atoms with E-state index in [4.69, 9.17) is 0 Å². The molecule has 0 bridgehead atoms. The Morgan fingerprint density at radius 2 is 2.17 bits per heavy atom. The number of hydrogen-bond acceptors (Lipinski definition) is 3. The van der Waals surface area contributed by atoms with Crippen LogP contribution in [0, 0.1) is 0 Å². The Labute approximate surface area is 109 Å². The Morgan fingerprint density at radius 1 is 1.39 bits per heavy atom. The molecule has 1 aromatic heterocycles. The van der Waals surface area contributed by atoms with Gasteiger partial charge in [-0.1, -0.05) is 19.8 Å². The first-order valence-electron chi connectivity index (χ1n) is 6.26. The predicted octanol–water partition coefficient (Wildman–Crippen LogP) is 3.93. The highest BCUT2D eigenvalue weighted by atomic mass is 32.1. The summed E-state index contributed by atoms with van der Waals surface area (Å²) in [7, 11) is 0. The van der Waals surface area contributed by atoms with Crippen molar-refractivity contribution in [2.45, 2.75) is 50.7 Å². The molecule has 0 amide bonds. The standard InChI is InChI=1S/C12H17F3N2S/c1-2-11(6-4-3-5-7-17-11)9-8-16-10(18-9)12(13,14)15/h8,17H,2-7H2,1H3. The molecule has 1 aromatic rings. The Hall–Kier alpha value is -0.620. The maximum absolute atomic E-state index is 12.6. The molecular weight excluding hydrogens is 261 g/mol. The van der Waals surface area contributed by atoms with Gasteiger partial charge in [-0.2, -0.15) is 13.2 Å². The van der Waals surface area contributed by atoms with Crippen LogP contribution in [-0.4, -0.2) is 11.5 Å². The van der Waals surface area contributed by atoms with Gasteiger partial charge in [0, 0.05) is 11.1 Å². The van der Waals surface area contributed by atoms with Crippen molar-refractivity contribution in [3.05, 3.63) is 16.1 Å². The van der Waals surface area contributed by atoms with Crippen LogP contribution in [0.4, 0.5) is 13.2 Å². The molecule has 1 atom stereocenters. The minimum absolute atomic E-state index is 0.308. The molecule has 1 saturated heterocycles. The van der Waals surface area contributed by atoms with E-state index in [-0.39, 0.29) is 5.54 Å². The summed E-state index contributed by atoms with van der Waals surface area (Å²) in [4.78, 5) is 4.26. The van der Waals surface area contributed by atoms with Crippen molar-refractivity contribution < 1.29 is 13.2 Å². The van der Waals surface area contributed by atoms with Crippen LogP contribution in [-0.2, 0) is 11.7 Å². The van der Waals surface area contributed by atoms with Crippen LogP contribution in [0.2, 0.25) is 0 Å². The number of aromatic nitrogens is 1. The van der Waals surface area contributed by atoms with E-state index >= 15 is 0 Å². The average molecular weight is 278 g/mol. The molecule has 18 heavy (non-hydrogen) atoms. The second-order valence-electron chi connectivity index (χ2n) is 4.70. The van der Waals surface area contributed by atoms with Crippen LogP contribution >= 0.6 is 11.3 Å². The topological polar surface area (TPSA) is 24.9 Å². The van der Waals surface area contributed by atoms with Gasteiger partial charge in [-0.3, -0.25) is 0 Å². The minimum Gasteiger partial charge on any atom is -0.307 e. The van der Waals surface area contributed by atoms with Crippen molar-refractivity contribution in [2.75, 3.05) is 6.54 Å². The van der Waals surface area contributed by atoms with Crippen molar-refractivity contribution in [3.8, 4) is 0 Å². The van der Waals surface area contributed by atoms with Crippen molar-refractivity contribution in [3.63, 3.8) is 0 Å². The summed E-state index contributed by atoms with van der Waals surface area (Å²) in [5, 5.41) is 2.69. The second kappa shape index (κ2) is 5.17. The Bertz CT molecular complexity index is 392. The first-order chi connectivity index (χ1) is 8.48. The molecule has 2 rings (SSSR count). The molecule has 0 saturated carbocycles. The van der Waals surface area contributed by atoms with E-state index in [1.807, 2.05) is 6.92 Å². The summed E-state index contributed by atoms with van der Waals surface area (Å²) in [6, 6.07) is 0. The van der Waals surface area contributed by atoms with Crippen molar-refractivity contribution in [2.24, 2.45) is 0 Å². The van der Waals surface area contributed by atoms with Crippen LogP contribution in [0.1, 0.15) is 48.9 Å². The molecule has 102 valence electrons. The largest absolute Gasteiger partial charge is 0.443 e. The smallest absolute Gasteiger partial charge is 0.307 e. The van der Waals surface area contributed by atoms with Crippen LogP contribution < -0.4 is 5.32 Å². The molecule has 0 radical (unpaired) electrons. The zero-order valence-electron chi connectivity index (χ0n) is 10.3. The highest BCUT2D eigenvalue weighted by Crippen LogP contribution is 2.40. The third kappa shape index (κ3) is 2.69. The van der Waals surface area contributed by atoms with Crippen LogP contribution in [0.3, 0.4) is 0 Å². The lowest BCUT2D eigenvalue weighted by molar-refractivity contribution is -0.137. The third-order valence-electron chi connectivity index (χ3n) is 3.57. The van der Waals surface area contributed by atoms with Gasteiger partial charge < -0.3 is 5.32 Å². The molecule has 0 aliphatic carbocycles. The SMILES string of the molecule is CCC1(c2cnc(C(F)(F)F)s2)CCCCCN1. The zero-order valence-corrected chi connectivity index (χ0v) is 11.1. The Kier molecular flexibility index (Phi) is 3.96. The van der Waals surface area contributed by atoms with Crippen LogP contribution in [0.5, 0.6) is 0 Å². The highest BCUT2D eigenvalue weighted by molar-refractivity contribution is 7.11. The van der Waals surface area contributed by atoms with E-state index < -0.39 is 11.2 Å². The molecule has 0 aromatic carbocycles. The summed E-state index contributed by atoms with van der Waals surface area (Å²) in [5.74, 6) is 0. The average Bonchev–Trinajstić information content (AvgIpc) is 2.70. The van der Waals surface area contributed by atoms with Gasteiger partial charge in [0.25, 0.3) is 0 Å². The van der Waals surface area contributed by atoms with Gasteiger partial charge >= 0.3 is 6.18 Å². The molecule has 1 unspecified atom stereocenters. The van der Waals surface area contributed by atoms with Gasteiger partial charge in [-0.25, -0.2) is 4.98 Å². The molecule has 1 fully saturated rings. The van der Waals surface area contributed by atoms with Gasteiger partial charge in [-0.15, -0.1) is 11.3 Å². The van der Waals surface area contributed by atoms with Gasteiger partial charge in [0.2, 0.25) is 0 Å². The molecule has 1 aliphatic heterocycles. The van der Waals surface area contributed by atoms with E-state index in [1.54, 1.807) is 0 Å². The molecule has 0 spiro atoms. The molecule has 2 nitrogen and oxygen atoms in total. The summed E-state index contributed by atoms with van der Waals surface area (Å²) < 4.78 is 37.8. The molecule has 2 heterocycles. The minimum atomic E-state index is -4.33. The van der Waals surface area contributed by atoms with Gasteiger partial charge in [0.05, 0.1) is 5.54 Å². The number of alkyl halides is 3. The molecule has 1 aliphatic rings. The first kappa shape index (κ1) is 13.8. The van der Waals surface area contributed by atoms with Gasteiger partial charge in [0.1, 0.15) is 0 Å². The number of thiazole rings is 1. The monoisotopic (exact) mass is 278 g/mol. The fourth-order valence-corrected chi connectivity index (χ4v) is 3.51. The predicted molar refractivity (Wildman–Crippen MR) is 65.6 cm³/mol. The van der Waals surface area contributed by atoms with Gasteiger partial charge in [-0.05, 0) is 25.8 Å². The normalized spacial score (nSPS) is 26.0. The van der Waals surface area contributed by atoms with Crippen molar-refractivity contribution in [1.82, 2.24) is 10.3 Å². The first-order valence-corrected chi connectivity index (χ1v) is 7.08. The zero-order chi connectivity index (χ0) is 13.2. The quantitative estimate of drug-likeness (QED) is 0.886. The number of hydrogen-bond donors (Lipinski definition) is 1. The van der Waals surface area contributed by atoms with Crippen molar-refractivity contribution in [1.29, 1.82) is 0 Å². The van der Waals surface area contributed by atoms with E-state index in [1.165, 1.54) is 6.20 Å². The Morgan fingerprint density at radius 3 is 2.78 bits per heavy atom. The fraction of sp³-hybridized carbons (Fsp3) is 0.750. The van der Waals surface area contributed by atoms with Crippen LogP contribution in [0.15, 0.2) is 6.20 Å². The third-order valence-corrected chi connectivity index (χ3v) is 4.81. The van der Waals surface area contributed by atoms with E-state index in [2.05, 4.69) is 10.3 Å². The number of nitrogens with zero attached hydrogens (tertiary/aromatic N) is 1. The molecular formula is C12H17F3N2S. The lowest BCUT2D eigenvalue weighted by Gasteiger charge is -2.31. The Balaban J connectivity index is 2.29. The number of halogens is 3. The highest BCUT2D eigenvalue weighted by Gasteiger charge is 2.38. The lowest BCUT2D eigenvalue weighted by Crippen LogP contribution is -2.40. The number of rotatable bonds is 2. The molecule has 1 N–H and O–H groups in total. The maximum atomic E-state index is 12.6. The van der Waals surface area contributed by atoms with Crippen molar-refractivity contribution >= 4 is 11.3 Å². The summed E-state index contributed by atoms with van der Waals surface area (Å²) in [5.41, 5.74) is -0.308.